The molecule has 2 aromatic rings. The number of benzene rings is 1. The molecule has 7 heteroatoms. The first-order valence-electron chi connectivity index (χ1n) is 5.95. The molecule has 1 aliphatic rings. The molecular weight excluding hydrogens is 378 g/mol. The molecule has 20 heavy (non-hydrogen) atoms. The molecule has 0 spiro atoms. The van der Waals surface area contributed by atoms with Gasteiger partial charge in [0.15, 0.2) is 5.69 Å². The lowest BCUT2D eigenvalue weighted by Gasteiger charge is -2.15. The van der Waals surface area contributed by atoms with E-state index in [0.29, 0.717) is 27.8 Å². The Labute approximate surface area is 127 Å². The third kappa shape index (κ3) is 2.20. The van der Waals surface area contributed by atoms with Crippen molar-refractivity contribution in [2.75, 3.05) is 6.61 Å². The summed E-state index contributed by atoms with van der Waals surface area (Å²) in [5.41, 5.74) is 2.10. The first kappa shape index (κ1) is 13.5. The number of carboxylic acid groups (broad SMARTS) is 1. The smallest absolute Gasteiger partial charge is 0.356 e. The Hall–Kier alpha value is -1.48. The van der Waals surface area contributed by atoms with Gasteiger partial charge in [-0.1, -0.05) is 0 Å². The van der Waals surface area contributed by atoms with Crippen LogP contribution in [0.3, 0.4) is 0 Å². The van der Waals surface area contributed by atoms with Gasteiger partial charge in [-0.3, -0.25) is 0 Å². The van der Waals surface area contributed by atoms with Crippen molar-refractivity contribution in [3.8, 4) is 5.69 Å². The van der Waals surface area contributed by atoms with E-state index in [2.05, 4.69) is 5.10 Å². The Morgan fingerprint density at radius 3 is 3.00 bits per heavy atom. The molecule has 104 valence electrons. The van der Waals surface area contributed by atoms with E-state index in [0.717, 1.165) is 5.69 Å². The highest BCUT2D eigenvalue weighted by Gasteiger charge is 2.26. The zero-order chi connectivity index (χ0) is 14.3. The molecule has 1 N–H and O–H groups in total. The highest BCUT2D eigenvalue weighted by molar-refractivity contribution is 14.1. The largest absolute Gasteiger partial charge is 0.476 e. The maximum Gasteiger partial charge on any atom is 0.356 e. The summed E-state index contributed by atoms with van der Waals surface area (Å²) in [7, 11) is 0. The second kappa shape index (κ2) is 5.13. The fourth-order valence-electron chi connectivity index (χ4n) is 2.26. The van der Waals surface area contributed by atoms with Gasteiger partial charge in [-0.25, -0.2) is 13.9 Å². The van der Waals surface area contributed by atoms with Crippen LogP contribution in [0, 0.1) is 9.39 Å². The first-order valence-corrected chi connectivity index (χ1v) is 7.03. The van der Waals surface area contributed by atoms with Crippen LogP contribution in [0.4, 0.5) is 4.39 Å². The lowest BCUT2D eigenvalue weighted by Crippen LogP contribution is -2.14. The van der Waals surface area contributed by atoms with Crippen LogP contribution in [0.5, 0.6) is 0 Å². The van der Waals surface area contributed by atoms with Crippen molar-refractivity contribution in [2.45, 2.75) is 13.0 Å². The van der Waals surface area contributed by atoms with Gasteiger partial charge in [0, 0.05) is 15.6 Å². The number of carbonyl (C=O) groups is 1. The second-order valence-corrected chi connectivity index (χ2v) is 5.55. The van der Waals surface area contributed by atoms with E-state index in [4.69, 9.17) is 4.74 Å². The molecule has 0 aliphatic carbocycles. The van der Waals surface area contributed by atoms with Gasteiger partial charge in [-0.05, 0) is 40.8 Å². The molecule has 1 aliphatic heterocycles. The summed E-state index contributed by atoms with van der Waals surface area (Å²) in [5, 5.41) is 13.4. The third-order valence-corrected chi connectivity index (χ3v) is 4.02. The minimum Gasteiger partial charge on any atom is -0.476 e. The minimum absolute atomic E-state index is 0.000162. The monoisotopic (exact) mass is 388 g/mol. The quantitative estimate of drug-likeness (QED) is 0.803. The van der Waals surface area contributed by atoms with Gasteiger partial charge in [-0.2, -0.15) is 5.10 Å². The number of ether oxygens (including phenoxy) is 1. The van der Waals surface area contributed by atoms with Crippen LogP contribution in [0.25, 0.3) is 5.69 Å². The fraction of sp³-hybridized carbons (Fsp3) is 0.231. The van der Waals surface area contributed by atoms with Gasteiger partial charge < -0.3 is 9.84 Å². The fourth-order valence-corrected chi connectivity index (χ4v) is 2.97. The standard InChI is InChI=1S/C13H10FIN2O3/c14-7-1-2-11(9(15)5-7)17-10-3-4-20-6-8(10)12(16-17)13(18)19/h1-2,5H,3-4,6H2,(H,18,19). The van der Waals surface area contributed by atoms with E-state index in [9.17, 15) is 14.3 Å². The number of rotatable bonds is 2. The predicted molar refractivity (Wildman–Crippen MR) is 76.6 cm³/mol. The molecule has 0 radical (unpaired) electrons. The number of carboxylic acids is 1. The van der Waals surface area contributed by atoms with Gasteiger partial charge in [0.1, 0.15) is 5.82 Å². The highest BCUT2D eigenvalue weighted by atomic mass is 127. The molecule has 0 amide bonds. The Morgan fingerprint density at radius 2 is 2.30 bits per heavy atom. The van der Waals surface area contributed by atoms with Gasteiger partial charge in [-0.15, -0.1) is 0 Å². The minimum atomic E-state index is -1.08. The average molecular weight is 388 g/mol. The number of nitrogens with zero attached hydrogens (tertiary/aromatic N) is 2. The normalized spacial score (nSPS) is 14.1. The maximum atomic E-state index is 13.2. The van der Waals surface area contributed by atoms with Crippen LogP contribution >= 0.6 is 22.6 Å². The van der Waals surface area contributed by atoms with Crippen LogP contribution < -0.4 is 0 Å². The summed E-state index contributed by atoms with van der Waals surface area (Å²) in [5.74, 6) is -1.41. The highest BCUT2D eigenvalue weighted by Crippen LogP contribution is 2.26. The molecular formula is C13H10FIN2O3. The summed E-state index contributed by atoms with van der Waals surface area (Å²) in [6.45, 7) is 0.768. The summed E-state index contributed by atoms with van der Waals surface area (Å²) < 4.78 is 20.8. The molecule has 0 saturated carbocycles. The van der Waals surface area contributed by atoms with Crippen molar-refractivity contribution < 1.29 is 19.0 Å². The molecule has 3 rings (SSSR count). The number of aromatic carboxylic acids is 1. The lowest BCUT2D eigenvalue weighted by atomic mass is 10.1. The van der Waals surface area contributed by atoms with Crippen molar-refractivity contribution in [1.82, 2.24) is 9.78 Å². The molecule has 2 heterocycles. The predicted octanol–water partition coefficient (Wildman–Crippen LogP) is 2.39. The number of halogens is 2. The number of fused-ring (bicyclic) bond motifs is 1. The van der Waals surface area contributed by atoms with E-state index in [1.807, 2.05) is 22.6 Å². The summed E-state index contributed by atoms with van der Waals surface area (Å²) in [4.78, 5) is 11.3. The van der Waals surface area contributed by atoms with Crippen LogP contribution in [-0.2, 0) is 17.8 Å². The Morgan fingerprint density at radius 1 is 1.50 bits per heavy atom. The van der Waals surface area contributed by atoms with Crippen LogP contribution in [0.1, 0.15) is 21.7 Å². The van der Waals surface area contributed by atoms with E-state index in [-0.39, 0.29) is 18.1 Å². The van der Waals surface area contributed by atoms with Gasteiger partial charge in [0.2, 0.25) is 0 Å². The first-order chi connectivity index (χ1) is 9.58. The van der Waals surface area contributed by atoms with Crippen LogP contribution in [0.15, 0.2) is 18.2 Å². The van der Waals surface area contributed by atoms with Crippen molar-refractivity contribution in [3.05, 3.63) is 44.5 Å². The van der Waals surface area contributed by atoms with E-state index < -0.39 is 5.97 Å². The summed E-state index contributed by atoms with van der Waals surface area (Å²) in [6, 6.07) is 4.33. The molecule has 1 aromatic carbocycles. The van der Waals surface area contributed by atoms with E-state index in [1.165, 1.54) is 12.1 Å². The lowest BCUT2D eigenvalue weighted by molar-refractivity contribution is 0.0677. The van der Waals surface area contributed by atoms with Crippen molar-refractivity contribution in [1.29, 1.82) is 0 Å². The zero-order valence-corrected chi connectivity index (χ0v) is 12.4. The molecule has 0 saturated heterocycles. The number of aromatic nitrogens is 2. The molecule has 0 unspecified atom stereocenters. The molecule has 0 fully saturated rings. The van der Waals surface area contributed by atoms with Gasteiger partial charge >= 0.3 is 5.97 Å². The van der Waals surface area contributed by atoms with Crippen LogP contribution in [-0.4, -0.2) is 27.5 Å². The van der Waals surface area contributed by atoms with Crippen molar-refractivity contribution >= 4 is 28.6 Å². The SMILES string of the molecule is O=C(O)c1nn(-c2ccc(F)cc2I)c2c1COCC2. The topological polar surface area (TPSA) is 64.3 Å². The average Bonchev–Trinajstić information content (AvgIpc) is 2.78. The van der Waals surface area contributed by atoms with Gasteiger partial charge in [0.25, 0.3) is 0 Å². The molecule has 0 bridgehead atoms. The third-order valence-electron chi connectivity index (χ3n) is 3.16. The van der Waals surface area contributed by atoms with Crippen molar-refractivity contribution in [3.63, 3.8) is 0 Å². The number of hydrogen-bond donors (Lipinski definition) is 1. The van der Waals surface area contributed by atoms with Gasteiger partial charge in [0.05, 0.1) is 24.6 Å². The molecule has 5 nitrogen and oxygen atoms in total. The molecule has 0 atom stereocenters. The maximum absolute atomic E-state index is 13.2. The zero-order valence-electron chi connectivity index (χ0n) is 10.3. The second-order valence-electron chi connectivity index (χ2n) is 4.39. The summed E-state index contributed by atoms with van der Waals surface area (Å²) >= 11 is 2.01. The number of hydrogen-bond acceptors (Lipinski definition) is 3. The molecule has 1 aromatic heterocycles. The Kier molecular flexibility index (Phi) is 3.47. The Bertz CT molecular complexity index is 699. The van der Waals surface area contributed by atoms with Crippen molar-refractivity contribution in [2.24, 2.45) is 0 Å². The van der Waals surface area contributed by atoms with Crippen LogP contribution in [0.2, 0.25) is 0 Å². The van der Waals surface area contributed by atoms with E-state index in [1.54, 1.807) is 10.7 Å². The Balaban J connectivity index is 2.21. The van der Waals surface area contributed by atoms with E-state index >= 15 is 0 Å². The summed E-state index contributed by atoms with van der Waals surface area (Å²) in [6.07, 6.45) is 0.586.